The van der Waals surface area contributed by atoms with Crippen LogP contribution < -0.4 is 0 Å². The zero-order valence-electron chi connectivity index (χ0n) is 11.5. The highest BCUT2D eigenvalue weighted by atomic mass is 32.1. The Kier molecular flexibility index (Phi) is 3.24. The molecule has 0 saturated carbocycles. The van der Waals surface area contributed by atoms with Crippen LogP contribution in [0.4, 0.5) is 0 Å². The number of hydrogen-bond donors (Lipinski definition) is 0. The predicted octanol–water partition coefficient (Wildman–Crippen LogP) is 3.10. The van der Waals surface area contributed by atoms with Gasteiger partial charge in [0, 0.05) is 5.56 Å². The minimum absolute atomic E-state index is 0.425. The van der Waals surface area contributed by atoms with Gasteiger partial charge in [-0.15, -0.1) is 21.5 Å². The first-order valence-electron chi connectivity index (χ1n) is 6.70. The fourth-order valence-corrected chi connectivity index (χ4v) is 2.70. The van der Waals surface area contributed by atoms with E-state index in [1.807, 2.05) is 47.8 Å². The second-order valence-corrected chi connectivity index (χ2v) is 5.58. The van der Waals surface area contributed by atoms with Crippen LogP contribution in [0.25, 0.3) is 22.2 Å². The van der Waals surface area contributed by atoms with Gasteiger partial charge in [0.25, 0.3) is 0 Å². The van der Waals surface area contributed by atoms with Gasteiger partial charge < -0.3 is 4.42 Å². The molecule has 7 heteroatoms. The highest BCUT2D eigenvalue weighted by Crippen LogP contribution is 2.20. The van der Waals surface area contributed by atoms with Crippen LogP contribution in [0.1, 0.15) is 5.69 Å². The summed E-state index contributed by atoms with van der Waals surface area (Å²) < 4.78 is 5.50. The molecule has 0 radical (unpaired) electrons. The van der Waals surface area contributed by atoms with Crippen molar-refractivity contribution >= 4 is 11.3 Å². The molecule has 3 aromatic heterocycles. The van der Waals surface area contributed by atoms with E-state index in [9.17, 15) is 0 Å². The summed E-state index contributed by atoms with van der Waals surface area (Å²) in [5.41, 5.74) is 1.70. The Balaban J connectivity index is 1.54. The topological polar surface area (TPSA) is 69.6 Å². The molecule has 0 amide bonds. The van der Waals surface area contributed by atoms with Crippen LogP contribution in [0.15, 0.2) is 58.5 Å². The van der Waals surface area contributed by atoms with Crippen molar-refractivity contribution in [3.8, 4) is 22.2 Å². The molecular weight excluding hydrogens is 298 g/mol. The van der Waals surface area contributed by atoms with Crippen LogP contribution in [-0.4, -0.2) is 25.2 Å². The zero-order chi connectivity index (χ0) is 14.8. The van der Waals surface area contributed by atoms with Crippen molar-refractivity contribution in [2.24, 2.45) is 0 Å². The fourth-order valence-electron chi connectivity index (χ4n) is 2.05. The average Bonchev–Trinajstić information content (AvgIpc) is 3.30. The molecule has 0 aliphatic heterocycles. The SMILES string of the molecule is c1ccc(-c2nc(Cn3nnc(-c4cccs4)n3)co2)cc1. The molecule has 0 aliphatic rings. The maximum absolute atomic E-state index is 5.50. The number of oxazole rings is 1. The fraction of sp³-hybridized carbons (Fsp3) is 0.0667. The average molecular weight is 309 g/mol. The van der Waals surface area contributed by atoms with Crippen LogP contribution in [0, 0.1) is 0 Å². The van der Waals surface area contributed by atoms with E-state index in [4.69, 9.17) is 4.42 Å². The van der Waals surface area contributed by atoms with Crippen molar-refractivity contribution in [1.29, 1.82) is 0 Å². The highest BCUT2D eigenvalue weighted by Gasteiger charge is 2.10. The summed E-state index contributed by atoms with van der Waals surface area (Å²) in [5.74, 6) is 1.22. The summed E-state index contributed by atoms with van der Waals surface area (Å²) in [5, 5.41) is 14.4. The third-order valence-corrected chi connectivity index (χ3v) is 3.94. The van der Waals surface area contributed by atoms with Crippen LogP contribution in [0.2, 0.25) is 0 Å². The Bertz CT molecular complexity index is 866. The molecule has 0 atom stereocenters. The van der Waals surface area contributed by atoms with Crippen molar-refractivity contribution in [1.82, 2.24) is 25.2 Å². The number of nitrogens with zero attached hydrogens (tertiary/aromatic N) is 5. The van der Waals surface area contributed by atoms with E-state index in [2.05, 4.69) is 20.4 Å². The smallest absolute Gasteiger partial charge is 0.226 e. The number of thiophene rings is 1. The van der Waals surface area contributed by atoms with E-state index < -0.39 is 0 Å². The van der Waals surface area contributed by atoms with E-state index in [0.717, 1.165) is 16.1 Å². The zero-order valence-corrected chi connectivity index (χ0v) is 12.3. The molecule has 0 N–H and O–H groups in total. The van der Waals surface area contributed by atoms with Crippen molar-refractivity contribution in [2.45, 2.75) is 6.54 Å². The number of benzene rings is 1. The van der Waals surface area contributed by atoms with Crippen LogP contribution in [-0.2, 0) is 6.54 Å². The molecule has 0 bridgehead atoms. The van der Waals surface area contributed by atoms with E-state index in [1.54, 1.807) is 17.6 Å². The quantitative estimate of drug-likeness (QED) is 0.579. The molecule has 0 spiro atoms. The minimum atomic E-state index is 0.425. The molecule has 0 aliphatic carbocycles. The van der Waals surface area contributed by atoms with Crippen LogP contribution in [0.5, 0.6) is 0 Å². The third-order valence-electron chi connectivity index (χ3n) is 3.07. The molecule has 1 aromatic carbocycles. The van der Waals surface area contributed by atoms with Gasteiger partial charge in [0.2, 0.25) is 11.7 Å². The molecule has 0 fully saturated rings. The normalized spacial score (nSPS) is 10.9. The molecule has 0 unspecified atom stereocenters. The summed E-state index contributed by atoms with van der Waals surface area (Å²) in [6, 6.07) is 13.7. The first kappa shape index (κ1) is 12.9. The molecule has 6 nitrogen and oxygen atoms in total. The monoisotopic (exact) mass is 309 g/mol. The van der Waals surface area contributed by atoms with Crippen molar-refractivity contribution in [3.63, 3.8) is 0 Å². The first-order chi connectivity index (χ1) is 10.9. The third kappa shape index (κ3) is 2.53. The molecule has 22 heavy (non-hydrogen) atoms. The second kappa shape index (κ2) is 5.53. The van der Waals surface area contributed by atoms with Crippen LogP contribution in [0.3, 0.4) is 0 Å². The van der Waals surface area contributed by atoms with Gasteiger partial charge >= 0.3 is 0 Å². The lowest BCUT2D eigenvalue weighted by atomic mass is 10.2. The standard InChI is InChI=1S/C15H11N5OS/c1-2-5-11(6-3-1)15-16-12(10-21-15)9-20-18-14(17-19-20)13-7-4-8-22-13/h1-8,10H,9H2. The lowest BCUT2D eigenvalue weighted by Gasteiger charge is -1.93. The Morgan fingerprint density at radius 2 is 2.00 bits per heavy atom. The molecule has 3 heterocycles. The predicted molar refractivity (Wildman–Crippen MR) is 82.2 cm³/mol. The molecule has 0 saturated heterocycles. The van der Waals surface area contributed by atoms with Gasteiger partial charge in [-0.05, 0) is 28.8 Å². The molecule has 108 valence electrons. The Morgan fingerprint density at radius 1 is 1.09 bits per heavy atom. The summed E-state index contributed by atoms with van der Waals surface area (Å²) in [6.07, 6.45) is 1.62. The van der Waals surface area contributed by atoms with E-state index in [-0.39, 0.29) is 0 Å². The van der Waals surface area contributed by atoms with Gasteiger partial charge in [-0.3, -0.25) is 0 Å². The number of hydrogen-bond acceptors (Lipinski definition) is 6. The van der Waals surface area contributed by atoms with Gasteiger partial charge in [-0.2, -0.15) is 4.80 Å². The van der Waals surface area contributed by atoms with Crippen molar-refractivity contribution < 1.29 is 4.42 Å². The van der Waals surface area contributed by atoms with Crippen molar-refractivity contribution in [3.05, 3.63) is 59.8 Å². The summed E-state index contributed by atoms with van der Waals surface area (Å²) in [4.78, 5) is 6.97. The first-order valence-corrected chi connectivity index (χ1v) is 7.58. The summed E-state index contributed by atoms with van der Waals surface area (Å²) >= 11 is 1.58. The van der Waals surface area contributed by atoms with Crippen LogP contribution >= 0.6 is 11.3 Å². The van der Waals surface area contributed by atoms with E-state index >= 15 is 0 Å². The van der Waals surface area contributed by atoms with Crippen molar-refractivity contribution in [2.75, 3.05) is 0 Å². The van der Waals surface area contributed by atoms with E-state index in [1.165, 1.54) is 4.80 Å². The maximum Gasteiger partial charge on any atom is 0.226 e. The summed E-state index contributed by atoms with van der Waals surface area (Å²) in [6.45, 7) is 0.425. The Labute approximate surface area is 130 Å². The molecule has 4 rings (SSSR count). The molecule has 4 aromatic rings. The van der Waals surface area contributed by atoms with Gasteiger partial charge in [-0.25, -0.2) is 4.98 Å². The van der Waals surface area contributed by atoms with Gasteiger partial charge in [0.15, 0.2) is 0 Å². The Morgan fingerprint density at radius 3 is 2.82 bits per heavy atom. The highest BCUT2D eigenvalue weighted by molar-refractivity contribution is 7.13. The number of rotatable bonds is 4. The minimum Gasteiger partial charge on any atom is -0.444 e. The maximum atomic E-state index is 5.50. The molecular formula is C15H11N5OS. The van der Waals surface area contributed by atoms with E-state index in [0.29, 0.717) is 18.3 Å². The van der Waals surface area contributed by atoms with Gasteiger partial charge in [0.05, 0.1) is 4.88 Å². The number of aromatic nitrogens is 5. The summed E-state index contributed by atoms with van der Waals surface area (Å²) in [7, 11) is 0. The lowest BCUT2D eigenvalue weighted by Crippen LogP contribution is -2.04. The second-order valence-electron chi connectivity index (χ2n) is 4.63. The Hall–Kier alpha value is -2.80. The number of tetrazole rings is 1. The van der Waals surface area contributed by atoms with Gasteiger partial charge in [-0.1, -0.05) is 24.3 Å². The lowest BCUT2D eigenvalue weighted by molar-refractivity contribution is 0.550. The van der Waals surface area contributed by atoms with Gasteiger partial charge in [0.1, 0.15) is 18.5 Å². The largest absolute Gasteiger partial charge is 0.444 e.